The summed E-state index contributed by atoms with van der Waals surface area (Å²) < 4.78 is 6.40. The van der Waals surface area contributed by atoms with Crippen molar-refractivity contribution in [3.8, 4) is 0 Å². The Morgan fingerprint density at radius 3 is 2.93 bits per heavy atom. The first-order valence-electron chi connectivity index (χ1n) is 9.42. The SMILES string of the molecule is CCC(=O)NC[C@H]1[C@H]2CN(c3nc(N)nc(C)c3Cl)C[C@]23CC[C@H]1O3.O=CO. The van der Waals surface area contributed by atoms with Crippen LogP contribution in [0.2, 0.25) is 5.02 Å². The molecule has 0 aromatic carbocycles. The molecule has 1 amide bonds. The van der Waals surface area contributed by atoms with E-state index in [0.717, 1.165) is 25.9 Å². The molecule has 0 saturated carbocycles. The summed E-state index contributed by atoms with van der Waals surface area (Å²) in [6.07, 6.45) is 2.86. The molecule has 154 valence electrons. The Morgan fingerprint density at radius 2 is 2.25 bits per heavy atom. The largest absolute Gasteiger partial charge is 0.483 e. The van der Waals surface area contributed by atoms with E-state index in [1.165, 1.54) is 0 Å². The van der Waals surface area contributed by atoms with Crippen LogP contribution in [0.25, 0.3) is 0 Å². The number of nitrogens with zero attached hydrogens (tertiary/aromatic N) is 3. The molecule has 0 unspecified atom stereocenters. The van der Waals surface area contributed by atoms with Gasteiger partial charge in [-0.3, -0.25) is 9.59 Å². The highest BCUT2D eigenvalue weighted by molar-refractivity contribution is 6.33. The number of carbonyl (C=O) groups excluding carboxylic acids is 1. The summed E-state index contributed by atoms with van der Waals surface area (Å²) in [4.78, 5) is 30.7. The molecule has 1 aromatic heterocycles. The molecular formula is C18H26ClN5O4. The van der Waals surface area contributed by atoms with Crippen LogP contribution in [0.1, 0.15) is 31.9 Å². The Hall–Kier alpha value is -2.13. The lowest BCUT2D eigenvalue weighted by molar-refractivity contribution is -0.123. The fourth-order valence-electron chi connectivity index (χ4n) is 4.76. The van der Waals surface area contributed by atoms with Crippen LogP contribution in [-0.4, -0.2) is 58.8 Å². The van der Waals surface area contributed by atoms with Gasteiger partial charge in [0.05, 0.1) is 17.4 Å². The van der Waals surface area contributed by atoms with Crippen LogP contribution in [0.15, 0.2) is 0 Å². The summed E-state index contributed by atoms with van der Waals surface area (Å²) in [6, 6.07) is 0. The molecular weight excluding hydrogens is 386 g/mol. The molecule has 9 nitrogen and oxygen atoms in total. The van der Waals surface area contributed by atoms with Gasteiger partial charge in [-0.15, -0.1) is 0 Å². The zero-order chi connectivity index (χ0) is 20.5. The van der Waals surface area contributed by atoms with Crippen molar-refractivity contribution in [1.82, 2.24) is 15.3 Å². The van der Waals surface area contributed by atoms with Crippen molar-refractivity contribution in [2.24, 2.45) is 11.8 Å². The number of hydrogen-bond acceptors (Lipinski definition) is 7. The van der Waals surface area contributed by atoms with Crippen molar-refractivity contribution in [3.05, 3.63) is 10.7 Å². The second kappa shape index (κ2) is 8.08. The minimum Gasteiger partial charge on any atom is -0.483 e. The zero-order valence-electron chi connectivity index (χ0n) is 16.0. The number of carbonyl (C=O) groups is 2. The van der Waals surface area contributed by atoms with E-state index in [-0.39, 0.29) is 30.0 Å². The number of rotatable bonds is 4. The molecule has 4 heterocycles. The average Bonchev–Trinajstić information content (AvgIpc) is 3.31. The van der Waals surface area contributed by atoms with E-state index >= 15 is 0 Å². The number of fused-ring (bicyclic) bond motifs is 1. The second-order valence-electron chi connectivity index (χ2n) is 7.48. The number of nitrogen functional groups attached to an aromatic ring is 1. The van der Waals surface area contributed by atoms with Crippen LogP contribution < -0.4 is 16.0 Å². The van der Waals surface area contributed by atoms with Gasteiger partial charge in [0.25, 0.3) is 6.47 Å². The molecule has 4 atom stereocenters. The third-order valence-electron chi connectivity index (χ3n) is 5.96. The van der Waals surface area contributed by atoms with Crippen LogP contribution in [0.3, 0.4) is 0 Å². The Kier molecular flexibility index (Phi) is 5.95. The van der Waals surface area contributed by atoms with Crippen molar-refractivity contribution in [2.75, 3.05) is 30.3 Å². The fraction of sp³-hybridized carbons (Fsp3) is 0.667. The molecule has 3 fully saturated rings. The van der Waals surface area contributed by atoms with Gasteiger partial charge in [-0.05, 0) is 19.8 Å². The van der Waals surface area contributed by atoms with E-state index in [2.05, 4.69) is 20.2 Å². The zero-order valence-corrected chi connectivity index (χ0v) is 16.8. The van der Waals surface area contributed by atoms with Gasteiger partial charge in [0, 0.05) is 37.9 Å². The van der Waals surface area contributed by atoms with Gasteiger partial charge in [-0.1, -0.05) is 18.5 Å². The van der Waals surface area contributed by atoms with E-state index in [9.17, 15) is 4.79 Å². The van der Waals surface area contributed by atoms with Crippen molar-refractivity contribution in [2.45, 2.75) is 44.8 Å². The lowest BCUT2D eigenvalue weighted by Crippen LogP contribution is -2.41. The summed E-state index contributed by atoms with van der Waals surface area (Å²) in [5.41, 5.74) is 6.36. The molecule has 4 rings (SSSR count). The Morgan fingerprint density at radius 1 is 1.54 bits per heavy atom. The first-order chi connectivity index (χ1) is 13.3. The number of ether oxygens (including phenoxy) is 1. The number of nitrogens with one attached hydrogen (secondary N) is 1. The normalized spacial score (nSPS) is 29.8. The molecule has 0 aliphatic carbocycles. The predicted octanol–water partition coefficient (Wildman–Crippen LogP) is 1.23. The van der Waals surface area contributed by atoms with Gasteiger partial charge in [-0.25, -0.2) is 4.98 Å². The lowest BCUT2D eigenvalue weighted by atomic mass is 9.73. The molecule has 0 radical (unpaired) electrons. The van der Waals surface area contributed by atoms with Crippen LogP contribution in [0.4, 0.5) is 11.8 Å². The molecule has 1 spiro atoms. The van der Waals surface area contributed by atoms with E-state index in [1.54, 1.807) is 0 Å². The second-order valence-corrected chi connectivity index (χ2v) is 7.86. The van der Waals surface area contributed by atoms with Crippen LogP contribution >= 0.6 is 11.6 Å². The molecule has 3 saturated heterocycles. The summed E-state index contributed by atoms with van der Waals surface area (Å²) in [7, 11) is 0. The highest BCUT2D eigenvalue weighted by Crippen LogP contribution is 2.55. The van der Waals surface area contributed by atoms with Gasteiger partial charge in [0.1, 0.15) is 5.02 Å². The molecule has 10 heteroatoms. The maximum Gasteiger partial charge on any atom is 0.290 e. The van der Waals surface area contributed by atoms with Crippen molar-refractivity contribution in [1.29, 1.82) is 0 Å². The molecule has 28 heavy (non-hydrogen) atoms. The number of amides is 1. The van der Waals surface area contributed by atoms with Gasteiger partial charge >= 0.3 is 0 Å². The number of aryl methyl sites for hydroxylation is 1. The van der Waals surface area contributed by atoms with Gasteiger partial charge in [-0.2, -0.15) is 4.98 Å². The highest BCUT2D eigenvalue weighted by Gasteiger charge is 2.63. The number of anilines is 2. The van der Waals surface area contributed by atoms with Crippen LogP contribution in [0.5, 0.6) is 0 Å². The van der Waals surface area contributed by atoms with Crippen molar-refractivity contribution in [3.63, 3.8) is 0 Å². The number of nitrogens with two attached hydrogens (primary N) is 1. The lowest BCUT2D eigenvalue weighted by Gasteiger charge is -2.29. The van der Waals surface area contributed by atoms with E-state index in [0.29, 0.717) is 41.3 Å². The Balaban J connectivity index is 0.000000706. The monoisotopic (exact) mass is 411 g/mol. The topological polar surface area (TPSA) is 131 Å². The number of aromatic nitrogens is 2. The maximum atomic E-state index is 11.7. The van der Waals surface area contributed by atoms with Crippen LogP contribution in [-0.2, 0) is 14.3 Å². The summed E-state index contributed by atoms with van der Waals surface area (Å²) in [5, 5.41) is 10.5. The first-order valence-corrected chi connectivity index (χ1v) is 9.80. The van der Waals surface area contributed by atoms with Crippen molar-refractivity contribution < 1.29 is 19.4 Å². The van der Waals surface area contributed by atoms with Crippen molar-refractivity contribution >= 4 is 35.7 Å². The van der Waals surface area contributed by atoms with E-state index in [1.807, 2.05) is 13.8 Å². The Bertz CT molecular complexity index is 764. The van der Waals surface area contributed by atoms with E-state index in [4.69, 9.17) is 32.0 Å². The quantitative estimate of drug-likeness (QED) is 0.630. The highest BCUT2D eigenvalue weighted by atomic mass is 35.5. The Labute approximate surface area is 168 Å². The summed E-state index contributed by atoms with van der Waals surface area (Å²) in [6.45, 7) is 5.72. The minimum atomic E-state index is -0.250. The molecule has 1 aromatic rings. The maximum absolute atomic E-state index is 11.7. The molecule has 4 N–H and O–H groups in total. The molecule has 3 aliphatic rings. The van der Waals surface area contributed by atoms with Gasteiger partial charge < -0.3 is 25.8 Å². The molecule has 2 bridgehead atoms. The molecule has 3 aliphatic heterocycles. The summed E-state index contributed by atoms with van der Waals surface area (Å²) >= 11 is 6.44. The minimum absolute atomic E-state index is 0.0916. The predicted molar refractivity (Wildman–Crippen MR) is 104 cm³/mol. The third kappa shape index (κ3) is 3.60. The van der Waals surface area contributed by atoms with Gasteiger partial charge in [0.2, 0.25) is 11.9 Å². The van der Waals surface area contributed by atoms with Gasteiger partial charge in [0.15, 0.2) is 5.82 Å². The first kappa shape index (κ1) is 20.6. The average molecular weight is 412 g/mol. The number of hydrogen-bond donors (Lipinski definition) is 3. The van der Waals surface area contributed by atoms with E-state index < -0.39 is 0 Å². The number of carboxylic acid groups (broad SMARTS) is 1. The van der Waals surface area contributed by atoms with Crippen LogP contribution in [0, 0.1) is 18.8 Å². The standard InChI is InChI=1S/C17H24ClN5O2.CH2O2/c1-3-13(24)20-6-10-11-7-23(8-17(11)5-4-12(10)25-17)15-14(18)9(2)21-16(19)22-15;2-1-3/h10-12H,3-8H2,1-2H3,(H,20,24)(H2,19,21,22);1H,(H,2,3)/t10-,11+,12+,17+;/m0./s1. The third-order valence-corrected chi connectivity index (χ3v) is 6.40. The fourth-order valence-corrected chi connectivity index (χ4v) is 4.96. The summed E-state index contributed by atoms with van der Waals surface area (Å²) in [5.74, 6) is 1.74. The smallest absolute Gasteiger partial charge is 0.290 e. The number of halogens is 1.